The van der Waals surface area contributed by atoms with E-state index in [0.717, 1.165) is 48.5 Å². The minimum atomic E-state index is -0.0160. The molecule has 0 spiro atoms. The Hall–Kier alpha value is -2.47. The number of hydrogen-bond acceptors (Lipinski definition) is 5. The number of hydrogen-bond donors (Lipinski definition) is 0. The minimum absolute atomic E-state index is 0.0160. The number of oxazole rings is 1. The summed E-state index contributed by atoms with van der Waals surface area (Å²) in [7, 11) is 0. The molecule has 3 aromatic rings. The van der Waals surface area contributed by atoms with Gasteiger partial charge in [0.25, 0.3) is 0 Å². The highest BCUT2D eigenvalue weighted by atomic mass is 16.4. The molecule has 0 radical (unpaired) electrons. The molecule has 6 nitrogen and oxygen atoms in total. The summed E-state index contributed by atoms with van der Waals surface area (Å²) in [5.41, 5.74) is 1.09. The average molecular weight is 337 g/mol. The molecule has 1 aliphatic rings. The van der Waals surface area contributed by atoms with Gasteiger partial charge in [0.1, 0.15) is 11.6 Å². The highest BCUT2D eigenvalue weighted by Crippen LogP contribution is 2.25. The minimum Gasteiger partial charge on any atom is -0.444 e. The molecule has 0 atom stereocenters. The van der Waals surface area contributed by atoms with Crippen LogP contribution in [0.3, 0.4) is 0 Å². The highest BCUT2D eigenvalue weighted by molar-refractivity contribution is 5.55. The maximum atomic E-state index is 5.92. The molecule has 2 aromatic heterocycles. The van der Waals surface area contributed by atoms with Crippen LogP contribution in [0.4, 0.5) is 0 Å². The Morgan fingerprint density at radius 2 is 1.88 bits per heavy atom. The van der Waals surface area contributed by atoms with Gasteiger partial charge < -0.3 is 8.98 Å². The number of aromatic nitrogens is 4. The van der Waals surface area contributed by atoms with Crippen molar-refractivity contribution in [2.24, 2.45) is 0 Å². The quantitative estimate of drug-likeness (QED) is 0.734. The highest BCUT2D eigenvalue weighted by Gasteiger charge is 2.24. The monoisotopic (exact) mass is 337 g/mol. The molecule has 130 valence electrons. The van der Waals surface area contributed by atoms with E-state index < -0.39 is 0 Å². The first kappa shape index (κ1) is 16.0. The molecule has 0 saturated heterocycles. The fourth-order valence-electron chi connectivity index (χ4n) is 3.06. The zero-order valence-corrected chi connectivity index (χ0v) is 14.9. The third-order valence-corrected chi connectivity index (χ3v) is 4.52. The van der Waals surface area contributed by atoms with Crippen LogP contribution in [0.1, 0.15) is 38.2 Å². The van der Waals surface area contributed by atoms with Gasteiger partial charge in [-0.3, -0.25) is 4.90 Å². The van der Waals surface area contributed by atoms with E-state index >= 15 is 0 Å². The van der Waals surface area contributed by atoms with Gasteiger partial charge in [-0.2, -0.15) is 0 Å². The number of nitrogens with zero attached hydrogens (tertiary/aromatic N) is 5. The van der Waals surface area contributed by atoms with Crippen molar-refractivity contribution in [2.75, 3.05) is 6.54 Å². The van der Waals surface area contributed by atoms with Crippen molar-refractivity contribution in [1.29, 1.82) is 0 Å². The van der Waals surface area contributed by atoms with Crippen LogP contribution in [0.15, 0.2) is 40.9 Å². The van der Waals surface area contributed by atoms with Gasteiger partial charge in [0.15, 0.2) is 5.82 Å². The molecular formula is C19H23N5O. The van der Waals surface area contributed by atoms with Crippen molar-refractivity contribution in [2.45, 2.75) is 45.8 Å². The zero-order valence-electron chi connectivity index (χ0n) is 14.9. The van der Waals surface area contributed by atoms with Crippen molar-refractivity contribution in [3.8, 4) is 11.4 Å². The Morgan fingerprint density at radius 3 is 2.60 bits per heavy atom. The molecule has 1 aliphatic heterocycles. The van der Waals surface area contributed by atoms with Gasteiger partial charge in [0.05, 0.1) is 19.3 Å². The first-order chi connectivity index (χ1) is 12.0. The number of rotatable bonds is 3. The van der Waals surface area contributed by atoms with Gasteiger partial charge in [-0.15, -0.1) is 10.2 Å². The fourth-order valence-corrected chi connectivity index (χ4v) is 3.06. The fraction of sp³-hybridized carbons (Fsp3) is 0.421. The molecule has 1 aromatic carbocycles. The summed E-state index contributed by atoms with van der Waals surface area (Å²) in [6.07, 6.45) is 1.84. The Morgan fingerprint density at radius 1 is 1.08 bits per heavy atom. The van der Waals surface area contributed by atoms with Crippen LogP contribution in [0.5, 0.6) is 0 Å². The Bertz CT molecular complexity index is 860. The second kappa shape index (κ2) is 6.11. The van der Waals surface area contributed by atoms with E-state index in [4.69, 9.17) is 4.42 Å². The molecule has 3 heterocycles. The van der Waals surface area contributed by atoms with Gasteiger partial charge in [0, 0.05) is 24.1 Å². The molecule has 0 fully saturated rings. The van der Waals surface area contributed by atoms with Crippen LogP contribution >= 0.6 is 0 Å². The number of fused-ring (bicyclic) bond motifs is 1. The maximum Gasteiger partial charge on any atom is 0.208 e. The Labute approximate surface area is 147 Å². The molecule has 25 heavy (non-hydrogen) atoms. The lowest BCUT2D eigenvalue weighted by molar-refractivity contribution is 0.187. The van der Waals surface area contributed by atoms with Crippen LogP contribution in [-0.2, 0) is 25.0 Å². The summed E-state index contributed by atoms with van der Waals surface area (Å²) < 4.78 is 8.13. The van der Waals surface area contributed by atoms with Crippen LogP contribution in [-0.4, -0.2) is 31.2 Å². The van der Waals surface area contributed by atoms with Crippen molar-refractivity contribution >= 4 is 0 Å². The Kier molecular flexibility index (Phi) is 3.92. The summed E-state index contributed by atoms with van der Waals surface area (Å²) in [4.78, 5) is 6.74. The molecule has 0 unspecified atom stereocenters. The SMILES string of the molecule is CC(C)(C)c1cnc(CN2CCn3c(nnc3-c3ccccc3)C2)o1. The lowest BCUT2D eigenvalue weighted by Crippen LogP contribution is -2.33. The summed E-state index contributed by atoms with van der Waals surface area (Å²) >= 11 is 0. The number of benzene rings is 1. The second-order valence-electron chi connectivity index (χ2n) is 7.54. The van der Waals surface area contributed by atoms with Crippen molar-refractivity contribution in [1.82, 2.24) is 24.6 Å². The molecule has 0 aliphatic carbocycles. The van der Waals surface area contributed by atoms with E-state index in [1.807, 2.05) is 24.4 Å². The third-order valence-electron chi connectivity index (χ3n) is 4.52. The molecule has 0 N–H and O–H groups in total. The predicted octanol–water partition coefficient (Wildman–Crippen LogP) is 3.25. The zero-order chi connectivity index (χ0) is 17.4. The van der Waals surface area contributed by atoms with Gasteiger partial charge in [-0.1, -0.05) is 51.1 Å². The van der Waals surface area contributed by atoms with E-state index in [2.05, 4.69) is 57.6 Å². The van der Waals surface area contributed by atoms with Gasteiger partial charge in [0.2, 0.25) is 5.89 Å². The molecule has 0 saturated carbocycles. The summed E-state index contributed by atoms with van der Waals surface area (Å²) in [6.45, 7) is 9.65. The predicted molar refractivity (Wildman–Crippen MR) is 94.8 cm³/mol. The van der Waals surface area contributed by atoms with E-state index in [9.17, 15) is 0 Å². The third kappa shape index (κ3) is 3.22. The smallest absolute Gasteiger partial charge is 0.208 e. The molecule has 0 amide bonds. The molecule has 0 bridgehead atoms. The van der Waals surface area contributed by atoms with E-state index in [-0.39, 0.29) is 5.41 Å². The summed E-state index contributed by atoms with van der Waals surface area (Å²) in [5, 5.41) is 8.78. The van der Waals surface area contributed by atoms with E-state index in [0.29, 0.717) is 6.54 Å². The first-order valence-electron chi connectivity index (χ1n) is 8.66. The largest absolute Gasteiger partial charge is 0.444 e. The van der Waals surface area contributed by atoms with Crippen LogP contribution in [0, 0.1) is 0 Å². The topological polar surface area (TPSA) is 60.0 Å². The summed E-state index contributed by atoms with van der Waals surface area (Å²) in [6, 6.07) is 10.2. The van der Waals surface area contributed by atoms with Crippen LogP contribution in [0.25, 0.3) is 11.4 Å². The second-order valence-corrected chi connectivity index (χ2v) is 7.54. The standard InChI is InChI=1S/C19H23N5O/c1-19(2,3)15-11-20-17(25-15)13-23-9-10-24-16(12-23)21-22-18(24)14-7-5-4-6-8-14/h4-8,11H,9-10,12-13H2,1-3H3. The van der Waals surface area contributed by atoms with Crippen molar-refractivity contribution < 1.29 is 4.42 Å². The normalized spacial score (nSPS) is 15.3. The molecular weight excluding hydrogens is 314 g/mol. The van der Waals surface area contributed by atoms with Gasteiger partial charge in [-0.05, 0) is 0 Å². The van der Waals surface area contributed by atoms with Crippen LogP contribution in [0.2, 0.25) is 0 Å². The summed E-state index contributed by atoms with van der Waals surface area (Å²) in [5.74, 6) is 3.63. The maximum absolute atomic E-state index is 5.92. The van der Waals surface area contributed by atoms with Crippen LogP contribution < -0.4 is 0 Å². The molecule has 4 rings (SSSR count). The lowest BCUT2D eigenvalue weighted by atomic mass is 9.94. The van der Waals surface area contributed by atoms with E-state index in [1.165, 1.54) is 0 Å². The molecule has 6 heteroatoms. The Balaban J connectivity index is 1.49. The van der Waals surface area contributed by atoms with E-state index in [1.54, 1.807) is 0 Å². The van der Waals surface area contributed by atoms with Gasteiger partial charge in [-0.25, -0.2) is 4.98 Å². The average Bonchev–Trinajstić information content (AvgIpc) is 3.22. The van der Waals surface area contributed by atoms with Crippen molar-refractivity contribution in [3.63, 3.8) is 0 Å². The van der Waals surface area contributed by atoms with Gasteiger partial charge >= 0.3 is 0 Å². The first-order valence-corrected chi connectivity index (χ1v) is 8.66. The van der Waals surface area contributed by atoms with Crippen molar-refractivity contribution in [3.05, 3.63) is 54.0 Å². The lowest BCUT2D eigenvalue weighted by Gasteiger charge is -2.26.